The van der Waals surface area contributed by atoms with Crippen molar-refractivity contribution in [3.8, 4) is 5.69 Å². The van der Waals surface area contributed by atoms with Gasteiger partial charge in [-0.25, -0.2) is 9.97 Å². The number of nitrogens with zero attached hydrogens (tertiary/aromatic N) is 6. The van der Waals surface area contributed by atoms with Crippen LogP contribution >= 0.6 is 0 Å². The van der Waals surface area contributed by atoms with E-state index in [0.717, 1.165) is 34.1 Å². The summed E-state index contributed by atoms with van der Waals surface area (Å²) >= 11 is -0.750. The Morgan fingerprint density at radius 2 is 1.87 bits per heavy atom. The lowest BCUT2D eigenvalue weighted by molar-refractivity contribution is 0.630. The molecular formula is C20H23N7O2S. The van der Waals surface area contributed by atoms with E-state index in [1.54, 1.807) is 4.52 Å². The normalized spacial score (nSPS) is 10.7. The van der Waals surface area contributed by atoms with Gasteiger partial charge < -0.3 is 9.88 Å². The predicted octanol–water partition coefficient (Wildman–Crippen LogP) is 2.99. The first-order chi connectivity index (χ1) is 14.5. The number of rotatable bonds is 5. The highest BCUT2D eigenvalue weighted by molar-refractivity contribution is 7.51. The number of para-hydroxylation sites is 1. The van der Waals surface area contributed by atoms with E-state index in [4.69, 9.17) is 8.42 Å². The van der Waals surface area contributed by atoms with Crippen LogP contribution in [0, 0.1) is 13.8 Å². The number of nitrogens with one attached hydrogen (secondary N) is 1. The minimum Gasteiger partial charge on any atom is -0.350 e. The topological polar surface area (TPSA) is 107 Å². The third-order valence-corrected chi connectivity index (χ3v) is 4.64. The Kier molecular flexibility index (Phi) is 6.68. The highest BCUT2D eigenvalue weighted by atomic mass is 32.1. The molecule has 0 bridgehead atoms. The minimum atomic E-state index is -0.750. The fraction of sp³-hybridized carbons (Fsp3) is 0.300. The Hall–Kier alpha value is -3.40. The molecule has 3 heterocycles. The summed E-state index contributed by atoms with van der Waals surface area (Å²) in [6, 6.07) is 8.28. The number of hydrogen-bond acceptors (Lipinski definition) is 7. The molecule has 0 fully saturated rings. The Labute approximate surface area is 177 Å². The molecule has 0 radical (unpaired) electrons. The Bertz CT molecular complexity index is 1190. The number of fused-ring (bicyclic) bond motifs is 1. The summed E-state index contributed by atoms with van der Waals surface area (Å²) in [4.78, 5) is 13.5. The number of aromatic nitrogens is 6. The van der Waals surface area contributed by atoms with Crippen LogP contribution in [0.4, 0.5) is 5.95 Å². The SMILES string of the molecule is Cc1nc(NCc2ccccc2-n2ccnc2C)n2ncc(C(C)C)c2n1.O=S=O. The smallest absolute Gasteiger partial charge is 0.335 e. The van der Waals surface area contributed by atoms with Gasteiger partial charge in [-0.15, -0.1) is 0 Å². The highest BCUT2D eigenvalue weighted by Gasteiger charge is 2.14. The largest absolute Gasteiger partial charge is 0.350 e. The summed E-state index contributed by atoms with van der Waals surface area (Å²) in [7, 11) is 0. The number of aryl methyl sites for hydroxylation is 2. The van der Waals surface area contributed by atoms with Crippen LogP contribution < -0.4 is 5.32 Å². The first-order valence-electron chi connectivity index (χ1n) is 9.42. The van der Waals surface area contributed by atoms with Crippen LogP contribution in [-0.4, -0.2) is 37.6 Å². The van der Waals surface area contributed by atoms with Crippen LogP contribution in [0.1, 0.15) is 42.5 Å². The van der Waals surface area contributed by atoms with Gasteiger partial charge in [0.15, 0.2) is 5.65 Å². The lowest BCUT2D eigenvalue weighted by Gasteiger charge is -2.14. The van der Waals surface area contributed by atoms with E-state index in [2.05, 4.69) is 55.9 Å². The molecule has 0 saturated heterocycles. The molecule has 156 valence electrons. The highest BCUT2D eigenvalue weighted by Crippen LogP contribution is 2.22. The molecule has 1 aromatic carbocycles. The summed E-state index contributed by atoms with van der Waals surface area (Å²) in [6.45, 7) is 8.82. The molecular weight excluding hydrogens is 402 g/mol. The molecule has 0 saturated carbocycles. The van der Waals surface area contributed by atoms with Crippen LogP contribution in [-0.2, 0) is 18.1 Å². The van der Waals surface area contributed by atoms with Gasteiger partial charge >= 0.3 is 11.6 Å². The fourth-order valence-electron chi connectivity index (χ4n) is 3.22. The third kappa shape index (κ3) is 4.43. The second-order valence-corrected chi connectivity index (χ2v) is 7.12. The molecule has 0 aliphatic heterocycles. The third-order valence-electron chi connectivity index (χ3n) is 4.64. The number of anilines is 1. The molecule has 0 unspecified atom stereocenters. The van der Waals surface area contributed by atoms with Crippen molar-refractivity contribution in [2.45, 2.75) is 40.2 Å². The monoisotopic (exact) mass is 425 g/mol. The van der Waals surface area contributed by atoms with Gasteiger partial charge in [0.25, 0.3) is 0 Å². The number of hydrogen-bond donors (Lipinski definition) is 1. The van der Waals surface area contributed by atoms with Crippen LogP contribution in [0.5, 0.6) is 0 Å². The van der Waals surface area contributed by atoms with Gasteiger partial charge in [-0.05, 0) is 31.4 Å². The van der Waals surface area contributed by atoms with Crippen LogP contribution in [0.2, 0.25) is 0 Å². The quantitative estimate of drug-likeness (QED) is 0.524. The van der Waals surface area contributed by atoms with Crippen LogP contribution in [0.15, 0.2) is 42.9 Å². The first kappa shape index (κ1) is 21.3. The summed E-state index contributed by atoms with van der Waals surface area (Å²) in [5, 5.41) is 7.93. The van der Waals surface area contributed by atoms with Crippen LogP contribution in [0.25, 0.3) is 11.3 Å². The average Bonchev–Trinajstić information content (AvgIpc) is 3.33. The molecule has 0 atom stereocenters. The van der Waals surface area contributed by atoms with E-state index >= 15 is 0 Å². The maximum Gasteiger partial charge on any atom is 0.335 e. The first-order valence-corrected chi connectivity index (χ1v) is 10.1. The molecule has 0 aliphatic rings. The van der Waals surface area contributed by atoms with E-state index in [0.29, 0.717) is 18.4 Å². The van der Waals surface area contributed by atoms with E-state index < -0.39 is 11.6 Å². The second kappa shape index (κ2) is 9.40. The van der Waals surface area contributed by atoms with Crippen molar-refractivity contribution in [3.63, 3.8) is 0 Å². The van der Waals surface area contributed by atoms with E-state index in [1.807, 2.05) is 44.6 Å². The summed E-state index contributed by atoms with van der Waals surface area (Å²) in [5.74, 6) is 2.73. The number of benzene rings is 1. The van der Waals surface area contributed by atoms with Crippen molar-refractivity contribution in [2.75, 3.05) is 5.32 Å². The van der Waals surface area contributed by atoms with Gasteiger partial charge in [-0.2, -0.15) is 23.0 Å². The lowest BCUT2D eigenvalue weighted by atomic mass is 10.1. The van der Waals surface area contributed by atoms with Gasteiger partial charge in [-0.3, -0.25) is 0 Å². The van der Waals surface area contributed by atoms with E-state index in [-0.39, 0.29) is 0 Å². The number of imidazole rings is 1. The fourth-order valence-corrected chi connectivity index (χ4v) is 3.22. The Morgan fingerprint density at radius 3 is 2.53 bits per heavy atom. The van der Waals surface area contributed by atoms with Gasteiger partial charge in [0.05, 0.1) is 11.9 Å². The van der Waals surface area contributed by atoms with Crippen LogP contribution in [0.3, 0.4) is 0 Å². The molecule has 4 rings (SSSR count). The van der Waals surface area contributed by atoms with Crippen molar-refractivity contribution in [3.05, 3.63) is 65.6 Å². The molecule has 1 N–H and O–H groups in total. The maximum absolute atomic E-state index is 8.29. The average molecular weight is 426 g/mol. The van der Waals surface area contributed by atoms with Gasteiger partial charge in [0, 0.05) is 24.5 Å². The molecule has 0 spiro atoms. The Balaban J connectivity index is 0.000000806. The second-order valence-electron chi connectivity index (χ2n) is 6.98. The molecule has 0 amide bonds. The minimum absolute atomic E-state index is 0.356. The van der Waals surface area contributed by atoms with Crippen molar-refractivity contribution in [1.29, 1.82) is 0 Å². The van der Waals surface area contributed by atoms with Gasteiger partial charge in [-0.1, -0.05) is 32.0 Å². The molecule has 4 aromatic rings. The predicted molar refractivity (Wildman–Crippen MR) is 114 cm³/mol. The summed E-state index contributed by atoms with van der Waals surface area (Å²) in [5.41, 5.74) is 4.24. The molecule has 30 heavy (non-hydrogen) atoms. The molecule has 10 heteroatoms. The molecule has 0 aliphatic carbocycles. The lowest BCUT2D eigenvalue weighted by Crippen LogP contribution is -2.11. The zero-order valence-corrected chi connectivity index (χ0v) is 18.1. The summed E-state index contributed by atoms with van der Waals surface area (Å²) < 4.78 is 20.5. The van der Waals surface area contributed by atoms with Crippen molar-refractivity contribution < 1.29 is 8.42 Å². The maximum atomic E-state index is 8.29. The van der Waals surface area contributed by atoms with Crippen molar-refractivity contribution in [2.24, 2.45) is 0 Å². The van der Waals surface area contributed by atoms with Crippen molar-refractivity contribution >= 4 is 23.2 Å². The van der Waals surface area contributed by atoms with E-state index in [9.17, 15) is 0 Å². The van der Waals surface area contributed by atoms with Gasteiger partial charge in [0.2, 0.25) is 5.95 Å². The Morgan fingerprint density at radius 1 is 1.13 bits per heavy atom. The standard InChI is InChI=1S/C20H23N7.O2S/c1-13(2)17-12-23-27-19(17)24-14(3)25-20(27)22-11-16-7-5-6-8-18(16)26-10-9-21-15(26)4;1-3-2/h5-10,12-13H,11H2,1-4H3,(H,22,24,25);. The summed E-state index contributed by atoms with van der Waals surface area (Å²) in [6.07, 6.45) is 5.67. The zero-order valence-electron chi connectivity index (χ0n) is 17.2. The van der Waals surface area contributed by atoms with Gasteiger partial charge in [0.1, 0.15) is 11.6 Å². The molecule has 3 aromatic heterocycles. The van der Waals surface area contributed by atoms with E-state index in [1.165, 1.54) is 0 Å². The van der Waals surface area contributed by atoms with Crippen molar-refractivity contribution in [1.82, 2.24) is 29.1 Å². The zero-order chi connectivity index (χ0) is 21.7. The molecule has 9 nitrogen and oxygen atoms in total.